The molecule has 2 aromatic carbocycles. The van der Waals surface area contributed by atoms with Gasteiger partial charge in [-0.2, -0.15) is 13.2 Å². The molecule has 0 radical (unpaired) electrons. The van der Waals surface area contributed by atoms with E-state index in [1.807, 2.05) is 5.32 Å². The normalized spacial score (nSPS) is 16.0. The van der Waals surface area contributed by atoms with Gasteiger partial charge in [0.05, 0.1) is 27.4 Å². The lowest BCUT2D eigenvalue weighted by Crippen LogP contribution is -2.54. The minimum Gasteiger partial charge on any atom is -0.493 e. The Morgan fingerprint density at radius 1 is 1.16 bits per heavy atom. The van der Waals surface area contributed by atoms with Crippen LogP contribution in [0.5, 0.6) is 5.75 Å². The van der Waals surface area contributed by atoms with E-state index in [0.29, 0.717) is 33.4 Å². The van der Waals surface area contributed by atoms with E-state index in [-0.39, 0.29) is 5.02 Å². The van der Waals surface area contributed by atoms with Crippen molar-refractivity contribution in [3.05, 3.63) is 62.6 Å². The summed E-state index contributed by atoms with van der Waals surface area (Å²) in [5.41, 5.74) is -1.64. The average molecular weight is 518 g/mol. The molecule has 1 N–H and O–H groups in total. The summed E-state index contributed by atoms with van der Waals surface area (Å²) in [6.07, 6.45) is -3.52. The van der Waals surface area contributed by atoms with Crippen LogP contribution in [0.4, 0.5) is 23.7 Å². The number of hydrogen-bond donors (Lipinski definition) is 1. The highest BCUT2D eigenvalue weighted by Crippen LogP contribution is 2.36. The van der Waals surface area contributed by atoms with Crippen molar-refractivity contribution in [3.63, 3.8) is 0 Å². The Morgan fingerprint density at radius 2 is 1.87 bits per heavy atom. The Kier molecular flexibility index (Phi) is 6.42. The van der Waals surface area contributed by atoms with E-state index in [0.717, 1.165) is 12.1 Å². The van der Waals surface area contributed by atoms with Crippen LogP contribution in [-0.2, 0) is 15.8 Å². The van der Waals surface area contributed by atoms with Crippen molar-refractivity contribution in [2.45, 2.75) is 13.1 Å². The topological polar surface area (TPSA) is 75.7 Å². The molecule has 31 heavy (non-hydrogen) atoms. The van der Waals surface area contributed by atoms with Gasteiger partial charge in [0.2, 0.25) is 0 Å². The van der Waals surface area contributed by atoms with Crippen LogP contribution in [0.15, 0.2) is 46.4 Å². The summed E-state index contributed by atoms with van der Waals surface area (Å²) in [7, 11) is 0. The number of barbiturate groups is 1. The van der Waals surface area contributed by atoms with Gasteiger partial charge in [-0.1, -0.05) is 17.7 Å². The fourth-order valence-electron chi connectivity index (χ4n) is 2.78. The molecule has 3 rings (SSSR count). The first kappa shape index (κ1) is 22.8. The van der Waals surface area contributed by atoms with Crippen LogP contribution in [-0.4, -0.2) is 24.5 Å². The van der Waals surface area contributed by atoms with Crippen LogP contribution >= 0.6 is 27.5 Å². The number of rotatable bonds is 4. The van der Waals surface area contributed by atoms with Crippen LogP contribution in [0.2, 0.25) is 5.02 Å². The molecule has 0 unspecified atom stereocenters. The molecule has 0 aromatic heterocycles. The summed E-state index contributed by atoms with van der Waals surface area (Å²) in [5, 5.41) is 1.67. The highest BCUT2D eigenvalue weighted by molar-refractivity contribution is 9.10. The van der Waals surface area contributed by atoms with Crippen LogP contribution in [0.1, 0.15) is 18.1 Å². The molecule has 1 saturated heterocycles. The van der Waals surface area contributed by atoms with E-state index >= 15 is 0 Å². The third-order valence-electron chi connectivity index (χ3n) is 4.18. The van der Waals surface area contributed by atoms with Gasteiger partial charge < -0.3 is 4.74 Å². The predicted molar refractivity (Wildman–Crippen MR) is 111 cm³/mol. The zero-order valence-corrected chi connectivity index (χ0v) is 18.1. The second-order valence-electron chi connectivity index (χ2n) is 6.24. The highest BCUT2D eigenvalue weighted by Gasteiger charge is 2.39. The number of carbonyl (C=O) groups excluding carboxylic acids is 3. The number of amides is 4. The lowest BCUT2D eigenvalue weighted by Gasteiger charge is -2.27. The Balaban J connectivity index is 2.04. The number of urea groups is 1. The van der Waals surface area contributed by atoms with Crippen molar-refractivity contribution < 1.29 is 32.3 Å². The fraction of sp³-hybridized carbons (Fsp3) is 0.150. The monoisotopic (exact) mass is 516 g/mol. The van der Waals surface area contributed by atoms with Crippen molar-refractivity contribution in [1.29, 1.82) is 0 Å². The first-order valence-corrected chi connectivity index (χ1v) is 9.90. The smallest absolute Gasteiger partial charge is 0.416 e. The number of benzene rings is 2. The summed E-state index contributed by atoms with van der Waals surface area (Å²) in [6, 6.07) is 5.76. The molecule has 162 valence electrons. The van der Waals surface area contributed by atoms with Gasteiger partial charge in [-0.3, -0.25) is 14.9 Å². The summed E-state index contributed by atoms with van der Waals surface area (Å²) >= 11 is 9.27. The van der Waals surface area contributed by atoms with Gasteiger partial charge in [0.1, 0.15) is 11.3 Å². The Bertz CT molecular complexity index is 1120. The van der Waals surface area contributed by atoms with Gasteiger partial charge in [-0.15, -0.1) is 0 Å². The van der Waals surface area contributed by atoms with E-state index in [1.54, 1.807) is 25.1 Å². The van der Waals surface area contributed by atoms with E-state index in [2.05, 4.69) is 15.9 Å². The summed E-state index contributed by atoms with van der Waals surface area (Å²) in [6.45, 7) is 2.23. The van der Waals surface area contributed by atoms with Crippen molar-refractivity contribution in [2.24, 2.45) is 0 Å². The number of hydrogen-bond acceptors (Lipinski definition) is 4. The molecule has 1 heterocycles. The second-order valence-corrected chi connectivity index (χ2v) is 7.51. The number of halogens is 5. The molecule has 1 fully saturated rings. The Hall–Kier alpha value is -2.85. The second kappa shape index (κ2) is 8.72. The van der Waals surface area contributed by atoms with Crippen molar-refractivity contribution in [1.82, 2.24) is 5.32 Å². The van der Waals surface area contributed by atoms with Gasteiger partial charge in [-0.25, -0.2) is 9.69 Å². The van der Waals surface area contributed by atoms with Crippen LogP contribution in [0, 0.1) is 0 Å². The third kappa shape index (κ3) is 4.75. The maximum Gasteiger partial charge on any atom is 0.416 e. The Labute approximate surface area is 187 Å². The molecule has 2 aromatic rings. The molecule has 11 heteroatoms. The summed E-state index contributed by atoms with van der Waals surface area (Å²) < 4.78 is 45.2. The standard InChI is InChI=1S/C20H13BrClF3N2O4/c1-2-31-16-6-3-10(8-13(16)21)7-12-17(28)26-19(30)27(18(12)29)15-9-11(20(23,24)25)4-5-14(15)22/h3-9H,2H2,1H3,(H,26,28,30)/b12-7+. The average Bonchev–Trinajstić information content (AvgIpc) is 2.67. The first-order chi connectivity index (χ1) is 14.5. The van der Waals surface area contributed by atoms with E-state index in [4.69, 9.17) is 16.3 Å². The molecule has 6 nitrogen and oxygen atoms in total. The van der Waals surface area contributed by atoms with Gasteiger partial charge in [0, 0.05) is 0 Å². The number of ether oxygens (including phenoxy) is 1. The molecular weight excluding hydrogens is 505 g/mol. The molecular formula is C20H13BrClF3N2O4. The fourth-order valence-corrected chi connectivity index (χ4v) is 3.50. The number of imide groups is 2. The molecule has 0 aliphatic carbocycles. The van der Waals surface area contributed by atoms with Crippen LogP contribution in [0.25, 0.3) is 6.08 Å². The zero-order chi connectivity index (χ0) is 22.9. The van der Waals surface area contributed by atoms with E-state index in [9.17, 15) is 27.6 Å². The van der Waals surface area contributed by atoms with Gasteiger partial charge in [0.15, 0.2) is 0 Å². The minimum atomic E-state index is -4.72. The minimum absolute atomic E-state index is 0.269. The molecule has 4 amide bonds. The number of carbonyl (C=O) groups is 3. The van der Waals surface area contributed by atoms with Crippen LogP contribution in [0.3, 0.4) is 0 Å². The predicted octanol–water partition coefficient (Wildman–Crippen LogP) is 5.19. The third-order valence-corrected chi connectivity index (χ3v) is 5.12. The van der Waals surface area contributed by atoms with Crippen molar-refractivity contribution >= 4 is 57.1 Å². The molecule has 1 aliphatic rings. The molecule has 0 bridgehead atoms. The lowest BCUT2D eigenvalue weighted by molar-refractivity contribution is -0.137. The van der Waals surface area contributed by atoms with Crippen molar-refractivity contribution in [2.75, 3.05) is 11.5 Å². The van der Waals surface area contributed by atoms with Crippen molar-refractivity contribution in [3.8, 4) is 5.75 Å². The lowest BCUT2D eigenvalue weighted by atomic mass is 10.1. The number of nitrogens with zero attached hydrogens (tertiary/aromatic N) is 1. The zero-order valence-electron chi connectivity index (χ0n) is 15.7. The van der Waals surface area contributed by atoms with Gasteiger partial charge in [-0.05, 0) is 64.8 Å². The largest absolute Gasteiger partial charge is 0.493 e. The van der Waals surface area contributed by atoms with Gasteiger partial charge in [0.25, 0.3) is 11.8 Å². The molecule has 0 saturated carbocycles. The summed E-state index contributed by atoms with van der Waals surface area (Å²) in [4.78, 5) is 37.9. The van der Waals surface area contributed by atoms with Crippen LogP contribution < -0.4 is 15.0 Å². The highest BCUT2D eigenvalue weighted by atomic mass is 79.9. The number of anilines is 1. The first-order valence-electron chi connectivity index (χ1n) is 8.73. The number of alkyl halides is 3. The van der Waals surface area contributed by atoms with E-state index < -0.39 is 40.8 Å². The Morgan fingerprint density at radius 3 is 2.48 bits per heavy atom. The molecule has 0 atom stereocenters. The quantitative estimate of drug-likeness (QED) is 0.448. The molecule has 1 aliphatic heterocycles. The summed E-state index contributed by atoms with van der Waals surface area (Å²) in [5.74, 6) is -1.56. The number of nitrogens with one attached hydrogen (secondary N) is 1. The molecule has 0 spiro atoms. The van der Waals surface area contributed by atoms with Gasteiger partial charge >= 0.3 is 12.2 Å². The maximum atomic E-state index is 13.1. The SMILES string of the molecule is CCOc1ccc(/C=C2\C(=O)NC(=O)N(c3cc(C(F)(F)F)ccc3Cl)C2=O)cc1Br. The van der Waals surface area contributed by atoms with E-state index in [1.165, 1.54) is 6.08 Å². The maximum absolute atomic E-state index is 13.1.